The van der Waals surface area contributed by atoms with Gasteiger partial charge in [0.15, 0.2) is 9.84 Å². The number of aromatic nitrogens is 1. The van der Waals surface area contributed by atoms with Crippen LogP contribution in [0.2, 0.25) is 4.34 Å². The Morgan fingerprint density at radius 2 is 1.77 bits per heavy atom. The zero-order valence-corrected chi connectivity index (χ0v) is 20.9. The summed E-state index contributed by atoms with van der Waals surface area (Å²) >= 11 is 6.48. The molecule has 0 saturated carbocycles. The van der Waals surface area contributed by atoms with E-state index < -0.39 is 37.3 Å². The Labute approximate surface area is 207 Å². The third-order valence-corrected chi connectivity index (χ3v) is 8.98. The second-order valence-electron chi connectivity index (χ2n) is 7.30. The number of halogens is 2. The third-order valence-electron chi connectivity index (χ3n) is 4.81. The van der Waals surface area contributed by atoms with Crippen LogP contribution in [0.5, 0.6) is 0 Å². The first kappa shape index (κ1) is 24.9. The highest BCUT2D eigenvalue weighted by atomic mass is 35.5. The maximum Gasteiger partial charge on any atom is 0.333 e. The SMILES string of the molecule is CS(=O)(=O)c1ccc2ccn(-c3ccc(NC(=O)NS(=O)(=O)c4ccc(Cl)s4)cc3F)c(=O)c2c1. The number of thiophene rings is 1. The van der Waals surface area contributed by atoms with Crippen LogP contribution in [0.1, 0.15) is 0 Å². The van der Waals surface area contributed by atoms with Crippen molar-refractivity contribution in [1.82, 2.24) is 9.29 Å². The Morgan fingerprint density at radius 1 is 1.03 bits per heavy atom. The van der Waals surface area contributed by atoms with Gasteiger partial charge in [0.1, 0.15) is 10.0 Å². The van der Waals surface area contributed by atoms with Crippen LogP contribution in [0.3, 0.4) is 0 Å². The first-order valence-electron chi connectivity index (χ1n) is 9.60. The van der Waals surface area contributed by atoms with E-state index in [4.69, 9.17) is 11.6 Å². The third kappa shape index (κ3) is 5.22. The summed E-state index contributed by atoms with van der Waals surface area (Å²) in [5.41, 5.74) is -0.879. The van der Waals surface area contributed by atoms with Gasteiger partial charge in [0.25, 0.3) is 15.6 Å². The van der Waals surface area contributed by atoms with Crippen molar-refractivity contribution >= 4 is 65.3 Å². The largest absolute Gasteiger partial charge is 0.333 e. The maximum atomic E-state index is 14.9. The van der Waals surface area contributed by atoms with Crippen molar-refractivity contribution in [2.75, 3.05) is 11.6 Å². The van der Waals surface area contributed by atoms with Crippen molar-refractivity contribution in [1.29, 1.82) is 0 Å². The minimum absolute atomic E-state index is 0.0503. The number of hydrogen-bond acceptors (Lipinski definition) is 7. The summed E-state index contributed by atoms with van der Waals surface area (Å²) in [6.45, 7) is 0. The highest BCUT2D eigenvalue weighted by molar-refractivity contribution is 7.92. The molecule has 14 heteroatoms. The van der Waals surface area contributed by atoms with Gasteiger partial charge >= 0.3 is 6.03 Å². The molecule has 0 aliphatic rings. The number of amides is 2. The summed E-state index contributed by atoms with van der Waals surface area (Å²) in [5.74, 6) is -0.892. The Kier molecular flexibility index (Phi) is 6.44. The number of carbonyl (C=O) groups excluding carboxylic acids is 1. The van der Waals surface area contributed by atoms with E-state index in [0.29, 0.717) is 5.39 Å². The molecule has 2 amide bonds. The van der Waals surface area contributed by atoms with E-state index in [0.717, 1.165) is 28.2 Å². The second-order valence-corrected chi connectivity index (χ2v) is 12.9. The van der Waals surface area contributed by atoms with Crippen molar-refractivity contribution < 1.29 is 26.0 Å². The van der Waals surface area contributed by atoms with Gasteiger partial charge in [0.05, 0.1) is 14.9 Å². The lowest BCUT2D eigenvalue weighted by molar-refractivity contribution is 0.256. The lowest BCUT2D eigenvalue weighted by Crippen LogP contribution is -2.34. The summed E-state index contributed by atoms with van der Waals surface area (Å²) in [6, 6.07) is 10.5. The number of carbonyl (C=O) groups is 1. The first-order chi connectivity index (χ1) is 16.3. The number of benzene rings is 2. The zero-order valence-electron chi connectivity index (χ0n) is 17.7. The molecular formula is C21H15ClFN3O6S3. The van der Waals surface area contributed by atoms with Crippen LogP contribution in [-0.2, 0) is 19.9 Å². The molecule has 0 atom stereocenters. The van der Waals surface area contributed by atoms with Crippen LogP contribution in [0.25, 0.3) is 16.5 Å². The van der Waals surface area contributed by atoms with Crippen molar-refractivity contribution in [2.24, 2.45) is 0 Å². The number of urea groups is 1. The minimum Gasteiger partial charge on any atom is -0.307 e. The molecule has 2 aromatic carbocycles. The number of sulfonamides is 1. The molecule has 0 radical (unpaired) electrons. The van der Waals surface area contributed by atoms with Crippen molar-refractivity contribution in [3.8, 4) is 5.69 Å². The Bertz CT molecular complexity index is 1760. The molecule has 182 valence electrons. The van der Waals surface area contributed by atoms with Gasteiger partial charge in [-0.1, -0.05) is 17.7 Å². The molecule has 2 aromatic heterocycles. The summed E-state index contributed by atoms with van der Waals surface area (Å²) in [4.78, 5) is 25.0. The average Bonchev–Trinajstić information content (AvgIpc) is 3.21. The van der Waals surface area contributed by atoms with E-state index in [1.165, 1.54) is 54.7 Å². The second kappa shape index (κ2) is 9.07. The number of hydrogen-bond donors (Lipinski definition) is 2. The van der Waals surface area contributed by atoms with E-state index in [1.807, 2.05) is 0 Å². The fourth-order valence-electron chi connectivity index (χ4n) is 3.19. The van der Waals surface area contributed by atoms with E-state index in [1.54, 1.807) is 4.72 Å². The van der Waals surface area contributed by atoms with Crippen molar-refractivity contribution in [3.05, 3.63) is 81.3 Å². The smallest absolute Gasteiger partial charge is 0.307 e. The maximum absolute atomic E-state index is 14.9. The van der Waals surface area contributed by atoms with E-state index in [9.17, 15) is 30.8 Å². The van der Waals surface area contributed by atoms with Gasteiger partial charge in [0.2, 0.25) is 0 Å². The number of pyridine rings is 1. The Balaban J connectivity index is 1.61. The lowest BCUT2D eigenvalue weighted by Gasteiger charge is -2.12. The molecule has 0 unspecified atom stereocenters. The van der Waals surface area contributed by atoms with Gasteiger partial charge in [-0.2, -0.15) is 0 Å². The molecule has 4 aromatic rings. The average molecular weight is 556 g/mol. The van der Waals surface area contributed by atoms with Crippen LogP contribution >= 0.6 is 22.9 Å². The van der Waals surface area contributed by atoms with Gasteiger partial charge in [0, 0.05) is 23.5 Å². The minimum atomic E-state index is -4.17. The molecule has 4 rings (SSSR count). The molecule has 2 N–H and O–H groups in total. The molecule has 0 bridgehead atoms. The Morgan fingerprint density at radius 3 is 2.40 bits per heavy atom. The van der Waals surface area contributed by atoms with Gasteiger partial charge in [-0.15, -0.1) is 11.3 Å². The molecule has 9 nitrogen and oxygen atoms in total. The summed E-state index contributed by atoms with van der Waals surface area (Å²) in [7, 11) is -7.73. The summed E-state index contributed by atoms with van der Waals surface area (Å²) in [6.07, 6.45) is 2.35. The predicted molar refractivity (Wildman–Crippen MR) is 131 cm³/mol. The number of nitrogens with zero attached hydrogens (tertiary/aromatic N) is 1. The van der Waals surface area contributed by atoms with Gasteiger partial charge < -0.3 is 5.32 Å². The van der Waals surface area contributed by atoms with Crippen LogP contribution in [-0.4, -0.2) is 33.7 Å². The van der Waals surface area contributed by atoms with Crippen LogP contribution < -0.4 is 15.6 Å². The van der Waals surface area contributed by atoms with Crippen LogP contribution in [0.15, 0.2) is 74.7 Å². The van der Waals surface area contributed by atoms with Crippen LogP contribution in [0.4, 0.5) is 14.9 Å². The quantitative estimate of drug-likeness (QED) is 0.385. The topological polar surface area (TPSA) is 131 Å². The van der Waals surface area contributed by atoms with Crippen LogP contribution in [0, 0.1) is 5.82 Å². The highest BCUT2D eigenvalue weighted by Gasteiger charge is 2.20. The van der Waals surface area contributed by atoms with E-state index in [2.05, 4.69) is 5.32 Å². The fourth-order valence-corrected chi connectivity index (χ4v) is 6.23. The Hall–Kier alpha value is -3.26. The molecule has 35 heavy (non-hydrogen) atoms. The zero-order chi connectivity index (χ0) is 25.5. The molecule has 0 aliphatic carbocycles. The lowest BCUT2D eigenvalue weighted by atomic mass is 10.1. The number of rotatable bonds is 5. The van der Waals surface area contributed by atoms with Gasteiger partial charge in [-0.3, -0.25) is 9.36 Å². The predicted octanol–water partition coefficient (Wildman–Crippen LogP) is 3.76. The molecule has 0 aliphatic heterocycles. The standard InChI is InChI=1S/C21H15ClFN3O6S3/c1-34(29,30)14-4-2-12-8-9-26(20(27)15(12)11-14)17-5-3-13(10-16(17)23)24-21(28)25-35(31,32)19-7-6-18(22)33-19/h2-11H,1H3,(H2,24,25,28). The van der Waals surface area contributed by atoms with Crippen molar-refractivity contribution in [3.63, 3.8) is 0 Å². The first-order valence-corrected chi connectivity index (χ1v) is 14.2. The number of sulfone groups is 1. The molecule has 2 heterocycles. The molecule has 0 saturated heterocycles. The van der Waals surface area contributed by atoms with Crippen molar-refractivity contribution in [2.45, 2.75) is 9.10 Å². The normalized spacial score (nSPS) is 12.0. The molecule has 0 spiro atoms. The van der Waals surface area contributed by atoms with Gasteiger partial charge in [-0.05, 0) is 53.9 Å². The number of anilines is 1. The molecule has 0 fully saturated rings. The summed E-state index contributed by atoms with van der Waals surface area (Å²) < 4.78 is 65.8. The van der Waals surface area contributed by atoms with E-state index in [-0.39, 0.29) is 30.2 Å². The van der Waals surface area contributed by atoms with Gasteiger partial charge in [-0.25, -0.2) is 30.7 Å². The number of fused-ring (bicyclic) bond motifs is 1. The molecular weight excluding hydrogens is 541 g/mol. The van der Waals surface area contributed by atoms with E-state index >= 15 is 0 Å². The number of nitrogens with one attached hydrogen (secondary N) is 2. The fraction of sp³-hybridized carbons (Fsp3) is 0.0476. The summed E-state index contributed by atoms with van der Waals surface area (Å²) in [5, 5.41) is 2.76. The monoisotopic (exact) mass is 555 g/mol. The highest BCUT2D eigenvalue weighted by Crippen LogP contribution is 2.25.